The molecule has 1 heterocycles. The highest BCUT2D eigenvalue weighted by Gasteiger charge is 2.30. The Labute approximate surface area is 190 Å². The van der Waals surface area contributed by atoms with Crippen LogP contribution in [0.1, 0.15) is 48.0 Å². The number of aryl methyl sites for hydroxylation is 2. The van der Waals surface area contributed by atoms with Gasteiger partial charge in [-0.15, -0.1) is 5.10 Å². The van der Waals surface area contributed by atoms with E-state index in [0.717, 1.165) is 24.6 Å². The summed E-state index contributed by atoms with van der Waals surface area (Å²) >= 11 is 0. The lowest BCUT2D eigenvalue weighted by atomic mass is 9.99. The third-order valence-electron chi connectivity index (χ3n) is 5.89. The number of hydrogen-bond acceptors (Lipinski definition) is 4. The number of rotatable bonds is 8. The first-order valence-electron chi connectivity index (χ1n) is 11.2. The fourth-order valence-electron chi connectivity index (χ4n) is 4.45. The van der Waals surface area contributed by atoms with E-state index in [1.54, 1.807) is 0 Å². The van der Waals surface area contributed by atoms with Crippen molar-refractivity contribution in [2.75, 3.05) is 0 Å². The molecule has 0 bridgehead atoms. The molecule has 0 aliphatic rings. The molecular formula is C27H31N5. The first kappa shape index (κ1) is 21.9. The van der Waals surface area contributed by atoms with Crippen LogP contribution in [-0.4, -0.2) is 25.1 Å². The number of benzene rings is 3. The molecule has 5 heteroatoms. The quantitative estimate of drug-likeness (QED) is 0.364. The molecule has 4 aromatic rings. The van der Waals surface area contributed by atoms with Gasteiger partial charge in [0.05, 0.1) is 11.7 Å². The van der Waals surface area contributed by atoms with Gasteiger partial charge in [-0.05, 0) is 52.4 Å². The van der Waals surface area contributed by atoms with Crippen molar-refractivity contribution in [1.82, 2.24) is 25.1 Å². The van der Waals surface area contributed by atoms with Crippen molar-refractivity contribution in [3.05, 3.63) is 107 Å². The largest absolute Gasteiger partial charge is 0.284 e. The van der Waals surface area contributed by atoms with Crippen LogP contribution in [0.5, 0.6) is 0 Å². The predicted octanol–water partition coefficient (Wildman–Crippen LogP) is 5.68. The van der Waals surface area contributed by atoms with Crippen LogP contribution >= 0.6 is 0 Å². The van der Waals surface area contributed by atoms with Gasteiger partial charge in [0, 0.05) is 13.1 Å². The van der Waals surface area contributed by atoms with Crippen molar-refractivity contribution in [3.8, 4) is 5.69 Å². The van der Waals surface area contributed by atoms with Gasteiger partial charge >= 0.3 is 0 Å². The van der Waals surface area contributed by atoms with Gasteiger partial charge in [0.2, 0.25) is 0 Å². The Balaban J connectivity index is 1.78. The summed E-state index contributed by atoms with van der Waals surface area (Å²) in [6.45, 7) is 10.4. The van der Waals surface area contributed by atoms with E-state index in [2.05, 4.69) is 127 Å². The molecular weight excluding hydrogens is 394 g/mol. The Hall–Kier alpha value is -3.31. The predicted molar refractivity (Wildman–Crippen MR) is 128 cm³/mol. The van der Waals surface area contributed by atoms with Crippen LogP contribution in [-0.2, 0) is 13.1 Å². The first-order chi connectivity index (χ1) is 15.5. The molecule has 5 nitrogen and oxygen atoms in total. The van der Waals surface area contributed by atoms with Crippen molar-refractivity contribution >= 4 is 0 Å². The van der Waals surface area contributed by atoms with Crippen molar-refractivity contribution in [2.45, 2.75) is 46.8 Å². The number of nitrogens with zero attached hydrogens (tertiary/aromatic N) is 5. The average Bonchev–Trinajstić information content (AvgIpc) is 3.23. The summed E-state index contributed by atoms with van der Waals surface area (Å²) in [6.07, 6.45) is 0. The summed E-state index contributed by atoms with van der Waals surface area (Å²) in [5, 5.41) is 13.1. The molecule has 0 fully saturated rings. The second kappa shape index (κ2) is 9.88. The summed E-state index contributed by atoms with van der Waals surface area (Å²) < 4.78 is 1.94. The number of hydrogen-bond donors (Lipinski definition) is 0. The number of para-hydroxylation sites is 1. The summed E-state index contributed by atoms with van der Waals surface area (Å²) in [5.74, 6) is 1.20. The van der Waals surface area contributed by atoms with Crippen molar-refractivity contribution in [2.24, 2.45) is 5.92 Å². The van der Waals surface area contributed by atoms with E-state index in [-0.39, 0.29) is 6.04 Å². The monoisotopic (exact) mass is 425 g/mol. The molecule has 1 aromatic heterocycles. The molecule has 0 N–H and O–H groups in total. The van der Waals surface area contributed by atoms with Gasteiger partial charge in [0.15, 0.2) is 5.82 Å². The van der Waals surface area contributed by atoms with E-state index < -0.39 is 0 Å². The van der Waals surface area contributed by atoms with Crippen LogP contribution in [0.3, 0.4) is 0 Å². The zero-order valence-electron chi connectivity index (χ0n) is 19.3. The Bertz CT molecular complexity index is 1070. The summed E-state index contributed by atoms with van der Waals surface area (Å²) in [5.41, 5.74) is 5.95. The van der Waals surface area contributed by atoms with Gasteiger partial charge < -0.3 is 0 Å². The molecule has 3 aromatic carbocycles. The Morgan fingerprint density at radius 3 is 1.78 bits per heavy atom. The molecule has 164 valence electrons. The van der Waals surface area contributed by atoms with Gasteiger partial charge in [0.1, 0.15) is 0 Å². The second-order valence-electron chi connectivity index (χ2n) is 8.75. The minimum absolute atomic E-state index is 0.0458. The molecule has 32 heavy (non-hydrogen) atoms. The summed E-state index contributed by atoms with van der Waals surface area (Å²) in [4.78, 5) is 2.49. The molecule has 1 atom stereocenters. The summed E-state index contributed by atoms with van der Waals surface area (Å²) in [7, 11) is 0. The zero-order chi connectivity index (χ0) is 22.5. The lowest BCUT2D eigenvalue weighted by Crippen LogP contribution is -2.33. The maximum absolute atomic E-state index is 4.56. The summed E-state index contributed by atoms with van der Waals surface area (Å²) in [6, 6.07) is 27.6. The van der Waals surface area contributed by atoms with E-state index in [0.29, 0.717) is 5.92 Å². The van der Waals surface area contributed by atoms with Gasteiger partial charge in [-0.1, -0.05) is 92.7 Å². The van der Waals surface area contributed by atoms with E-state index in [1.807, 2.05) is 4.68 Å². The zero-order valence-corrected chi connectivity index (χ0v) is 19.3. The van der Waals surface area contributed by atoms with E-state index >= 15 is 0 Å². The Kier molecular flexibility index (Phi) is 6.76. The van der Waals surface area contributed by atoms with Crippen LogP contribution in [0.4, 0.5) is 0 Å². The van der Waals surface area contributed by atoms with Crippen molar-refractivity contribution in [3.63, 3.8) is 0 Å². The molecule has 0 radical (unpaired) electrons. The molecule has 0 amide bonds. The molecule has 0 saturated heterocycles. The topological polar surface area (TPSA) is 46.8 Å². The number of tetrazole rings is 1. The molecule has 1 unspecified atom stereocenters. The molecule has 0 spiro atoms. The molecule has 0 aliphatic heterocycles. The van der Waals surface area contributed by atoms with Gasteiger partial charge in [0.25, 0.3) is 0 Å². The fourth-order valence-corrected chi connectivity index (χ4v) is 4.45. The minimum atomic E-state index is 0.0458. The standard InChI is InChI=1S/C27H31N5/c1-20(2)25(27-28-29-30-32(27)26-21(3)12-11-13-22(26)4)31(18-23-14-7-5-8-15-23)19-24-16-9-6-10-17-24/h5-17,20,25H,18-19H2,1-4H3. The molecule has 4 rings (SSSR count). The Morgan fingerprint density at radius 2 is 1.28 bits per heavy atom. The van der Waals surface area contributed by atoms with Gasteiger partial charge in [-0.3, -0.25) is 4.90 Å². The minimum Gasteiger partial charge on any atom is -0.284 e. The maximum atomic E-state index is 4.56. The van der Waals surface area contributed by atoms with Gasteiger partial charge in [-0.2, -0.15) is 4.68 Å². The smallest absolute Gasteiger partial charge is 0.174 e. The van der Waals surface area contributed by atoms with Crippen molar-refractivity contribution < 1.29 is 0 Å². The van der Waals surface area contributed by atoms with Crippen LogP contribution < -0.4 is 0 Å². The van der Waals surface area contributed by atoms with Crippen molar-refractivity contribution in [1.29, 1.82) is 0 Å². The van der Waals surface area contributed by atoms with Crippen LogP contribution in [0.2, 0.25) is 0 Å². The van der Waals surface area contributed by atoms with E-state index in [9.17, 15) is 0 Å². The highest BCUT2D eigenvalue weighted by Crippen LogP contribution is 2.32. The molecule has 0 saturated carbocycles. The maximum Gasteiger partial charge on any atom is 0.174 e. The number of aromatic nitrogens is 4. The SMILES string of the molecule is Cc1cccc(C)c1-n1nnnc1C(C(C)C)N(Cc1ccccc1)Cc1ccccc1. The average molecular weight is 426 g/mol. The highest BCUT2D eigenvalue weighted by molar-refractivity contribution is 5.46. The highest BCUT2D eigenvalue weighted by atomic mass is 15.6. The lowest BCUT2D eigenvalue weighted by molar-refractivity contribution is 0.128. The third-order valence-corrected chi connectivity index (χ3v) is 5.89. The molecule has 0 aliphatic carbocycles. The van der Waals surface area contributed by atoms with Gasteiger partial charge in [-0.25, -0.2) is 0 Å². The Morgan fingerprint density at radius 1 is 0.750 bits per heavy atom. The lowest BCUT2D eigenvalue weighted by Gasteiger charge is -2.34. The second-order valence-corrected chi connectivity index (χ2v) is 8.75. The van der Waals surface area contributed by atoms with Crippen LogP contribution in [0.25, 0.3) is 5.69 Å². The van der Waals surface area contributed by atoms with E-state index in [4.69, 9.17) is 0 Å². The fraction of sp³-hybridized carbons (Fsp3) is 0.296. The first-order valence-corrected chi connectivity index (χ1v) is 11.2. The van der Waals surface area contributed by atoms with E-state index in [1.165, 1.54) is 22.3 Å². The third kappa shape index (κ3) is 4.78. The van der Waals surface area contributed by atoms with Crippen LogP contribution in [0, 0.1) is 19.8 Å². The van der Waals surface area contributed by atoms with Crippen LogP contribution in [0.15, 0.2) is 78.9 Å². The normalized spacial score (nSPS) is 12.4.